The number of sulfonamides is 1. The summed E-state index contributed by atoms with van der Waals surface area (Å²) >= 11 is 0. The summed E-state index contributed by atoms with van der Waals surface area (Å²) in [7, 11) is -4.04. The Morgan fingerprint density at radius 3 is 2.26 bits per heavy atom. The van der Waals surface area contributed by atoms with Crippen molar-refractivity contribution < 1.29 is 26.4 Å². The maximum absolute atomic E-state index is 13.1. The van der Waals surface area contributed by atoms with Crippen LogP contribution in [0.5, 0.6) is 0 Å². The zero-order chi connectivity index (χ0) is 20.4. The Bertz CT molecular complexity index is 784. The van der Waals surface area contributed by atoms with Crippen LogP contribution < -0.4 is 0 Å². The molecule has 1 aliphatic rings. The van der Waals surface area contributed by atoms with Crippen molar-refractivity contribution in [2.24, 2.45) is 5.92 Å². The van der Waals surface area contributed by atoms with Crippen LogP contribution in [0, 0.1) is 12.8 Å². The molecule has 1 aliphatic heterocycles. The van der Waals surface area contributed by atoms with E-state index in [-0.39, 0.29) is 42.5 Å². The predicted molar refractivity (Wildman–Crippen MR) is 95.6 cm³/mol. The van der Waals surface area contributed by atoms with Gasteiger partial charge in [-0.3, -0.25) is 4.79 Å². The normalized spacial score (nSPS) is 16.8. The van der Waals surface area contributed by atoms with Gasteiger partial charge in [0.1, 0.15) is 0 Å². The highest BCUT2D eigenvalue weighted by atomic mass is 32.2. The minimum atomic E-state index is -4.61. The molecule has 0 atom stereocenters. The maximum Gasteiger partial charge on any atom is 0.416 e. The first-order valence-electron chi connectivity index (χ1n) is 8.88. The van der Waals surface area contributed by atoms with Gasteiger partial charge in [-0.15, -0.1) is 0 Å². The van der Waals surface area contributed by atoms with Crippen molar-refractivity contribution in [2.45, 2.75) is 44.7 Å². The zero-order valence-electron chi connectivity index (χ0n) is 15.7. The van der Waals surface area contributed by atoms with Crippen molar-refractivity contribution in [3.05, 3.63) is 29.3 Å². The van der Waals surface area contributed by atoms with Gasteiger partial charge in [0.05, 0.1) is 10.5 Å². The van der Waals surface area contributed by atoms with E-state index < -0.39 is 21.8 Å². The molecule has 0 saturated carbocycles. The third kappa shape index (κ3) is 5.22. The number of aryl methyl sites for hydroxylation is 1. The van der Waals surface area contributed by atoms with Crippen molar-refractivity contribution in [1.82, 2.24) is 9.21 Å². The lowest BCUT2D eigenvalue weighted by atomic mass is 10.1. The maximum atomic E-state index is 13.1. The monoisotopic (exact) mass is 406 g/mol. The molecule has 0 unspecified atom stereocenters. The van der Waals surface area contributed by atoms with Crippen LogP contribution in [0.15, 0.2) is 23.1 Å². The fraction of sp³-hybridized carbons (Fsp3) is 0.611. The molecule has 1 heterocycles. The summed E-state index contributed by atoms with van der Waals surface area (Å²) in [6.45, 7) is 5.97. The van der Waals surface area contributed by atoms with Crippen molar-refractivity contribution >= 4 is 15.9 Å². The van der Waals surface area contributed by atoms with Crippen molar-refractivity contribution in [3.8, 4) is 0 Å². The second kappa shape index (κ2) is 8.18. The van der Waals surface area contributed by atoms with E-state index in [1.54, 1.807) is 4.90 Å². The molecule has 2 rings (SSSR count). The lowest BCUT2D eigenvalue weighted by molar-refractivity contribution is -0.138. The molecular weight excluding hydrogens is 381 g/mol. The van der Waals surface area contributed by atoms with E-state index in [9.17, 15) is 26.4 Å². The van der Waals surface area contributed by atoms with Gasteiger partial charge in [0.25, 0.3) is 0 Å². The number of piperazine rings is 1. The number of hydrogen-bond acceptors (Lipinski definition) is 3. The van der Waals surface area contributed by atoms with Gasteiger partial charge >= 0.3 is 6.18 Å². The van der Waals surface area contributed by atoms with E-state index in [1.807, 2.05) is 13.8 Å². The second-order valence-electron chi connectivity index (χ2n) is 7.19. The van der Waals surface area contributed by atoms with Gasteiger partial charge in [-0.25, -0.2) is 8.42 Å². The van der Waals surface area contributed by atoms with Crippen LogP contribution in [0.25, 0.3) is 0 Å². The molecule has 0 aliphatic carbocycles. The lowest BCUT2D eigenvalue weighted by Crippen LogP contribution is -2.50. The van der Waals surface area contributed by atoms with E-state index in [0.717, 1.165) is 10.7 Å². The van der Waals surface area contributed by atoms with E-state index in [1.165, 1.54) is 19.1 Å². The summed E-state index contributed by atoms with van der Waals surface area (Å²) in [6.07, 6.45) is -3.44. The van der Waals surface area contributed by atoms with Crippen molar-refractivity contribution in [3.63, 3.8) is 0 Å². The fourth-order valence-electron chi connectivity index (χ4n) is 2.96. The Labute approximate surface area is 158 Å². The fourth-order valence-corrected chi connectivity index (χ4v) is 4.41. The van der Waals surface area contributed by atoms with Gasteiger partial charge < -0.3 is 4.90 Å². The summed E-state index contributed by atoms with van der Waals surface area (Å²) in [5.74, 6) is 0.385. The molecule has 0 aromatic heterocycles. The number of carbonyl (C=O) groups excluding carboxylic acids is 1. The Hall–Kier alpha value is -1.61. The summed E-state index contributed by atoms with van der Waals surface area (Å²) in [6, 6.07) is 3.05. The number of halogens is 3. The summed E-state index contributed by atoms with van der Waals surface area (Å²) in [5.41, 5.74) is -0.979. The second-order valence-corrected chi connectivity index (χ2v) is 9.13. The van der Waals surface area contributed by atoms with Crippen LogP contribution in [0.1, 0.15) is 37.8 Å². The van der Waals surface area contributed by atoms with Crippen LogP contribution in [0.4, 0.5) is 13.2 Å². The SMILES string of the molecule is Cc1ccc(S(=O)(=O)N2CCN(C(=O)CCC(C)C)CC2)cc1C(F)(F)F. The van der Waals surface area contributed by atoms with E-state index in [0.29, 0.717) is 18.4 Å². The van der Waals surface area contributed by atoms with E-state index in [4.69, 9.17) is 0 Å². The molecule has 0 spiro atoms. The molecule has 9 heteroatoms. The molecule has 1 aromatic rings. The van der Waals surface area contributed by atoms with Crippen molar-refractivity contribution in [1.29, 1.82) is 0 Å². The molecule has 1 amide bonds. The zero-order valence-corrected chi connectivity index (χ0v) is 16.5. The number of carbonyl (C=O) groups is 1. The van der Waals surface area contributed by atoms with Gasteiger partial charge in [-0.1, -0.05) is 19.9 Å². The number of nitrogens with zero attached hydrogens (tertiary/aromatic N) is 2. The first-order valence-corrected chi connectivity index (χ1v) is 10.3. The van der Waals surface area contributed by atoms with Gasteiger partial charge in [0.2, 0.25) is 15.9 Å². The molecule has 1 fully saturated rings. The number of rotatable bonds is 5. The molecule has 0 radical (unpaired) electrons. The highest BCUT2D eigenvalue weighted by Crippen LogP contribution is 2.34. The third-order valence-corrected chi connectivity index (χ3v) is 6.57. The molecule has 1 saturated heterocycles. The average molecular weight is 406 g/mol. The largest absolute Gasteiger partial charge is 0.416 e. The topological polar surface area (TPSA) is 57.7 Å². The van der Waals surface area contributed by atoms with Gasteiger partial charge in [0.15, 0.2) is 0 Å². The van der Waals surface area contributed by atoms with Crippen LogP contribution in [-0.4, -0.2) is 49.7 Å². The van der Waals surface area contributed by atoms with Gasteiger partial charge in [-0.2, -0.15) is 17.5 Å². The Kier molecular flexibility index (Phi) is 6.57. The van der Waals surface area contributed by atoms with Crippen LogP contribution in [0.3, 0.4) is 0 Å². The Morgan fingerprint density at radius 1 is 1.15 bits per heavy atom. The molecule has 5 nitrogen and oxygen atoms in total. The number of hydrogen-bond donors (Lipinski definition) is 0. The first-order chi connectivity index (χ1) is 12.4. The molecule has 152 valence electrons. The first kappa shape index (κ1) is 21.7. The van der Waals surface area contributed by atoms with Gasteiger partial charge in [-0.05, 0) is 37.0 Å². The molecule has 0 bridgehead atoms. The van der Waals surface area contributed by atoms with E-state index in [2.05, 4.69) is 0 Å². The predicted octanol–water partition coefficient (Wildman–Crippen LogP) is 3.28. The lowest BCUT2D eigenvalue weighted by Gasteiger charge is -2.34. The highest BCUT2D eigenvalue weighted by molar-refractivity contribution is 7.89. The highest BCUT2D eigenvalue weighted by Gasteiger charge is 2.35. The van der Waals surface area contributed by atoms with Crippen LogP contribution in [0.2, 0.25) is 0 Å². The minimum Gasteiger partial charge on any atom is -0.340 e. The molecule has 0 N–H and O–H groups in total. The average Bonchev–Trinajstić information content (AvgIpc) is 2.59. The van der Waals surface area contributed by atoms with E-state index >= 15 is 0 Å². The Balaban J connectivity index is 2.10. The quantitative estimate of drug-likeness (QED) is 0.754. The summed E-state index contributed by atoms with van der Waals surface area (Å²) in [4.78, 5) is 13.4. The summed E-state index contributed by atoms with van der Waals surface area (Å²) < 4.78 is 65.8. The summed E-state index contributed by atoms with van der Waals surface area (Å²) in [5, 5.41) is 0. The molecular formula is C18H25F3N2O3S. The minimum absolute atomic E-state index is 0.0181. The van der Waals surface area contributed by atoms with Crippen LogP contribution in [-0.2, 0) is 21.0 Å². The smallest absolute Gasteiger partial charge is 0.340 e. The number of benzene rings is 1. The number of alkyl halides is 3. The van der Waals surface area contributed by atoms with Crippen LogP contribution >= 0.6 is 0 Å². The van der Waals surface area contributed by atoms with Crippen molar-refractivity contribution in [2.75, 3.05) is 26.2 Å². The third-order valence-electron chi connectivity index (χ3n) is 4.68. The number of amides is 1. The van der Waals surface area contributed by atoms with Gasteiger partial charge in [0, 0.05) is 32.6 Å². The Morgan fingerprint density at radius 2 is 1.74 bits per heavy atom. The standard InChI is InChI=1S/C18H25F3N2O3S/c1-13(2)4-7-17(24)22-8-10-23(11-9-22)27(25,26)15-6-5-14(3)16(12-15)18(19,20)21/h5-6,12-13H,4,7-11H2,1-3H3. The molecule has 1 aromatic carbocycles. The molecule has 27 heavy (non-hydrogen) atoms.